The topological polar surface area (TPSA) is 111 Å². The Labute approximate surface area is 145 Å². The van der Waals surface area contributed by atoms with Crippen LogP contribution in [0.1, 0.15) is 17.2 Å². The highest BCUT2D eigenvalue weighted by Crippen LogP contribution is 2.11. The van der Waals surface area contributed by atoms with Gasteiger partial charge in [0.15, 0.2) is 0 Å². The van der Waals surface area contributed by atoms with E-state index >= 15 is 0 Å². The Balaban J connectivity index is 1.79. The number of ether oxygens (including phenoxy) is 1. The second-order valence-electron chi connectivity index (χ2n) is 5.23. The molecule has 0 saturated heterocycles. The zero-order valence-electron chi connectivity index (χ0n) is 13.5. The van der Waals surface area contributed by atoms with Crippen LogP contribution in [0.25, 0.3) is 0 Å². The summed E-state index contributed by atoms with van der Waals surface area (Å²) in [6.07, 6.45) is -0.727. The van der Waals surface area contributed by atoms with Gasteiger partial charge in [-0.15, -0.1) is 0 Å². The molecule has 0 saturated carbocycles. The summed E-state index contributed by atoms with van der Waals surface area (Å²) in [5, 5.41) is 4.80. The predicted octanol–water partition coefficient (Wildman–Crippen LogP) is 1.26. The first-order chi connectivity index (χ1) is 12.1. The Kier molecular flexibility index (Phi) is 6.53. The van der Waals surface area contributed by atoms with E-state index in [4.69, 9.17) is 10.5 Å². The van der Waals surface area contributed by atoms with Crippen LogP contribution in [0.3, 0.4) is 0 Å². The third-order valence-corrected chi connectivity index (χ3v) is 3.33. The molecule has 3 amide bonds. The van der Waals surface area contributed by atoms with Crippen LogP contribution < -0.4 is 16.4 Å². The van der Waals surface area contributed by atoms with Crippen molar-refractivity contribution in [1.29, 1.82) is 0 Å². The minimum Gasteiger partial charge on any atom is -0.445 e. The first-order valence-electron chi connectivity index (χ1n) is 7.64. The van der Waals surface area contributed by atoms with Gasteiger partial charge in [-0.25, -0.2) is 4.79 Å². The summed E-state index contributed by atoms with van der Waals surface area (Å²) in [5.74, 6) is -1.24. The second-order valence-corrected chi connectivity index (χ2v) is 5.23. The minimum atomic E-state index is -0.962. The van der Waals surface area contributed by atoms with Crippen molar-refractivity contribution in [3.63, 3.8) is 0 Å². The molecule has 0 heterocycles. The van der Waals surface area contributed by atoms with Crippen LogP contribution in [0.15, 0.2) is 60.7 Å². The van der Waals surface area contributed by atoms with Gasteiger partial charge in [0.1, 0.15) is 19.2 Å². The summed E-state index contributed by atoms with van der Waals surface area (Å²) in [4.78, 5) is 35.1. The molecule has 0 spiro atoms. The maximum atomic E-state index is 11.9. The highest BCUT2D eigenvalue weighted by molar-refractivity contribution is 5.89. The molecule has 0 aromatic heterocycles. The quantitative estimate of drug-likeness (QED) is 0.704. The zero-order chi connectivity index (χ0) is 18.1. The fourth-order valence-electron chi connectivity index (χ4n) is 2.10. The van der Waals surface area contributed by atoms with Crippen LogP contribution in [0.2, 0.25) is 0 Å². The van der Waals surface area contributed by atoms with E-state index in [1.165, 1.54) is 0 Å². The monoisotopic (exact) mass is 341 g/mol. The van der Waals surface area contributed by atoms with Gasteiger partial charge in [0.2, 0.25) is 11.8 Å². The molecule has 0 fully saturated rings. The Bertz CT molecular complexity index is 720. The molecule has 25 heavy (non-hydrogen) atoms. The summed E-state index contributed by atoms with van der Waals surface area (Å²) < 4.78 is 4.99. The molecule has 7 heteroatoms. The van der Waals surface area contributed by atoms with E-state index in [1.54, 1.807) is 30.3 Å². The molecule has 2 aromatic rings. The molecule has 0 aliphatic heterocycles. The fourth-order valence-corrected chi connectivity index (χ4v) is 2.10. The van der Waals surface area contributed by atoms with Crippen molar-refractivity contribution >= 4 is 17.9 Å². The first-order valence-corrected chi connectivity index (χ1v) is 7.64. The molecule has 0 bridgehead atoms. The van der Waals surface area contributed by atoms with E-state index in [9.17, 15) is 14.4 Å². The van der Waals surface area contributed by atoms with Crippen molar-refractivity contribution in [2.45, 2.75) is 12.6 Å². The molecule has 1 atom stereocenters. The summed E-state index contributed by atoms with van der Waals surface area (Å²) in [5.41, 5.74) is 6.72. The van der Waals surface area contributed by atoms with Crippen LogP contribution >= 0.6 is 0 Å². The highest BCUT2D eigenvalue weighted by Gasteiger charge is 2.20. The van der Waals surface area contributed by atoms with Crippen molar-refractivity contribution < 1.29 is 19.1 Å². The number of amides is 3. The largest absolute Gasteiger partial charge is 0.445 e. The molecule has 7 nitrogen and oxygen atoms in total. The van der Waals surface area contributed by atoms with E-state index in [0.717, 1.165) is 5.56 Å². The van der Waals surface area contributed by atoms with Crippen molar-refractivity contribution in [2.75, 3.05) is 6.54 Å². The van der Waals surface area contributed by atoms with Gasteiger partial charge in [0.25, 0.3) is 0 Å². The van der Waals surface area contributed by atoms with Crippen molar-refractivity contribution in [3.8, 4) is 0 Å². The van der Waals surface area contributed by atoms with Gasteiger partial charge in [0, 0.05) is 0 Å². The summed E-state index contributed by atoms with van der Waals surface area (Å²) in [6.45, 7) is -0.230. The minimum absolute atomic E-state index is 0.0994. The summed E-state index contributed by atoms with van der Waals surface area (Å²) in [6, 6.07) is 16.8. The lowest BCUT2D eigenvalue weighted by molar-refractivity contribution is -0.127. The molecule has 1 unspecified atom stereocenters. The Morgan fingerprint density at radius 2 is 1.56 bits per heavy atom. The molecule has 2 aromatic carbocycles. The number of rotatable bonds is 7. The van der Waals surface area contributed by atoms with E-state index < -0.39 is 23.9 Å². The van der Waals surface area contributed by atoms with Crippen LogP contribution in [0.5, 0.6) is 0 Å². The maximum absolute atomic E-state index is 11.9. The van der Waals surface area contributed by atoms with E-state index in [-0.39, 0.29) is 13.2 Å². The number of hydrogen-bond donors (Lipinski definition) is 3. The van der Waals surface area contributed by atoms with Gasteiger partial charge in [-0.05, 0) is 11.1 Å². The number of benzene rings is 2. The lowest BCUT2D eigenvalue weighted by Gasteiger charge is -2.16. The van der Waals surface area contributed by atoms with Gasteiger partial charge in [-0.2, -0.15) is 0 Å². The molecule has 4 N–H and O–H groups in total. The van der Waals surface area contributed by atoms with Crippen molar-refractivity contribution in [3.05, 3.63) is 71.8 Å². The summed E-state index contributed by atoms with van der Waals surface area (Å²) >= 11 is 0. The number of alkyl carbamates (subject to hydrolysis) is 1. The summed E-state index contributed by atoms with van der Waals surface area (Å²) in [7, 11) is 0. The average molecular weight is 341 g/mol. The van der Waals surface area contributed by atoms with Crippen LogP contribution in [-0.2, 0) is 20.9 Å². The third kappa shape index (κ3) is 5.98. The van der Waals surface area contributed by atoms with Gasteiger partial charge in [-0.1, -0.05) is 60.7 Å². The second kappa shape index (κ2) is 9.07. The number of carbonyl (C=O) groups excluding carboxylic acids is 3. The molecular weight excluding hydrogens is 322 g/mol. The van der Waals surface area contributed by atoms with Gasteiger partial charge < -0.3 is 21.1 Å². The van der Waals surface area contributed by atoms with E-state index in [1.807, 2.05) is 30.3 Å². The molecule has 0 radical (unpaired) electrons. The number of carbonyl (C=O) groups is 3. The fraction of sp³-hybridized carbons (Fsp3) is 0.167. The van der Waals surface area contributed by atoms with Crippen LogP contribution in [0.4, 0.5) is 4.79 Å². The number of primary amides is 1. The first kappa shape index (κ1) is 18.0. The smallest absolute Gasteiger partial charge is 0.407 e. The number of nitrogens with one attached hydrogen (secondary N) is 2. The zero-order valence-corrected chi connectivity index (χ0v) is 13.5. The van der Waals surface area contributed by atoms with E-state index in [0.29, 0.717) is 5.56 Å². The molecule has 130 valence electrons. The Morgan fingerprint density at radius 1 is 0.960 bits per heavy atom. The van der Waals surface area contributed by atoms with Crippen LogP contribution in [-0.4, -0.2) is 24.5 Å². The lowest BCUT2D eigenvalue weighted by Crippen LogP contribution is -2.42. The molecule has 2 rings (SSSR count). The molecular formula is C18H19N3O4. The van der Waals surface area contributed by atoms with Crippen molar-refractivity contribution in [2.24, 2.45) is 5.73 Å². The lowest BCUT2D eigenvalue weighted by atomic mass is 10.1. The number of nitrogens with two attached hydrogens (primary N) is 1. The Morgan fingerprint density at radius 3 is 2.16 bits per heavy atom. The van der Waals surface area contributed by atoms with Crippen molar-refractivity contribution in [1.82, 2.24) is 10.6 Å². The van der Waals surface area contributed by atoms with Gasteiger partial charge >= 0.3 is 6.09 Å². The van der Waals surface area contributed by atoms with E-state index in [2.05, 4.69) is 10.6 Å². The number of hydrogen-bond acceptors (Lipinski definition) is 4. The Hall–Kier alpha value is -3.35. The van der Waals surface area contributed by atoms with Gasteiger partial charge in [0.05, 0.1) is 0 Å². The highest BCUT2D eigenvalue weighted by atomic mass is 16.5. The predicted molar refractivity (Wildman–Crippen MR) is 91.1 cm³/mol. The maximum Gasteiger partial charge on any atom is 0.407 e. The van der Waals surface area contributed by atoms with Crippen LogP contribution in [0, 0.1) is 0 Å². The standard InChI is InChI=1S/C18H19N3O4/c19-17(23)16(14-9-5-2-6-10-14)21-15(22)11-20-18(24)25-12-13-7-3-1-4-8-13/h1-10,16H,11-12H2,(H2,19,23)(H,20,24)(H,21,22). The molecule has 0 aliphatic carbocycles. The molecule has 0 aliphatic rings. The normalized spacial score (nSPS) is 11.2. The average Bonchev–Trinajstić information content (AvgIpc) is 2.64. The third-order valence-electron chi connectivity index (χ3n) is 3.33. The SMILES string of the molecule is NC(=O)C(NC(=O)CNC(=O)OCc1ccccc1)c1ccccc1. The van der Waals surface area contributed by atoms with Gasteiger partial charge in [-0.3, -0.25) is 9.59 Å².